The van der Waals surface area contributed by atoms with Crippen molar-refractivity contribution >= 4 is 11.1 Å². The molecule has 1 aromatic heterocycles. The number of benzene rings is 1. The average Bonchev–Trinajstić information content (AvgIpc) is 2.47. The Morgan fingerprint density at radius 2 is 2.15 bits per heavy atom. The summed E-state index contributed by atoms with van der Waals surface area (Å²) in [5.41, 5.74) is 5.33. The number of nitrogens with zero attached hydrogens (tertiary/aromatic N) is 1. The minimum Gasteiger partial charge on any atom is -0.439 e. The number of fused-ring (bicyclic) bond motifs is 1. The molecule has 0 radical (unpaired) electrons. The zero-order valence-corrected chi connectivity index (χ0v) is 6.55. The first kappa shape index (κ1) is 8.12. The van der Waals surface area contributed by atoms with Crippen LogP contribution in [0.25, 0.3) is 11.1 Å². The van der Waals surface area contributed by atoms with Crippen LogP contribution in [0, 0.1) is 11.6 Å². The summed E-state index contributed by atoms with van der Waals surface area (Å²) in [6, 6.07) is 1.83. The van der Waals surface area contributed by atoms with Gasteiger partial charge in [0.2, 0.25) is 5.89 Å². The van der Waals surface area contributed by atoms with E-state index in [4.69, 9.17) is 10.2 Å². The molecule has 0 aliphatic heterocycles. The van der Waals surface area contributed by atoms with Crippen molar-refractivity contribution < 1.29 is 13.2 Å². The summed E-state index contributed by atoms with van der Waals surface area (Å²) in [5.74, 6) is -1.23. The molecule has 0 bridgehead atoms. The zero-order chi connectivity index (χ0) is 9.42. The molecule has 2 aromatic rings. The maximum atomic E-state index is 13.0. The van der Waals surface area contributed by atoms with Crippen molar-refractivity contribution in [2.24, 2.45) is 5.73 Å². The maximum absolute atomic E-state index is 13.0. The fourth-order valence-electron chi connectivity index (χ4n) is 1.09. The molecule has 2 N–H and O–H groups in total. The van der Waals surface area contributed by atoms with Crippen LogP contribution >= 0.6 is 0 Å². The van der Waals surface area contributed by atoms with Gasteiger partial charge in [-0.2, -0.15) is 0 Å². The van der Waals surface area contributed by atoms with Gasteiger partial charge >= 0.3 is 0 Å². The molecule has 0 fully saturated rings. The van der Waals surface area contributed by atoms with Gasteiger partial charge in [0.05, 0.1) is 6.54 Å². The first-order valence-electron chi connectivity index (χ1n) is 3.65. The van der Waals surface area contributed by atoms with Crippen molar-refractivity contribution in [3.05, 3.63) is 29.7 Å². The first-order chi connectivity index (χ1) is 6.20. The molecule has 2 rings (SSSR count). The molecule has 13 heavy (non-hydrogen) atoms. The molecule has 0 atom stereocenters. The Balaban J connectivity index is 2.75. The predicted octanol–water partition coefficient (Wildman–Crippen LogP) is 1.56. The Kier molecular flexibility index (Phi) is 1.73. The molecule has 0 unspecified atom stereocenters. The van der Waals surface area contributed by atoms with Crippen LogP contribution in [0.5, 0.6) is 0 Å². The fraction of sp³-hybridized carbons (Fsp3) is 0.125. The van der Waals surface area contributed by atoms with Gasteiger partial charge in [0.15, 0.2) is 11.4 Å². The molecule has 1 aromatic carbocycles. The number of rotatable bonds is 1. The van der Waals surface area contributed by atoms with Crippen LogP contribution in [0.15, 0.2) is 16.5 Å². The van der Waals surface area contributed by atoms with Crippen molar-refractivity contribution in [2.45, 2.75) is 6.54 Å². The second-order valence-corrected chi connectivity index (χ2v) is 2.55. The van der Waals surface area contributed by atoms with E-state index in [0.717, 1.165) is 12.1 Å². The zero-order valence-electron chi connectivity index (χ0n) is 6.55. The summed E-state index contributed by atoms with van der Waals surface area (Å²) in [6.45, 7) is 0.0652. The van der Waals surface area contributed by atoms with Gasteiger partial charge < -0.3 is 10.2 Å². The number of hydrogen-bond donors (Lipinski definition) is 1. The molecule has 5 heteroatoms. The SMILES string of the molecule is NCc1nc2c(F)cc(F)cc2o1. The number of aromatic nitrogens is 1. The monoisotopic (exact) mass is 184 g/mol. The van der Waals surface area contributed by atoms with E-state index in [2.05, 4.69) is 4.98 Å². The van der Waals surface area contributed by atoms with E-state index >= 15 is 0 Å². The lowest BCUT2D eigenvalue weighted by Gasteiger charge is -1.88. The Labute approximate surface area is 72.2 Å². The highest BCUT2D eigenvalue weighted by Gasteiger charge is 2.10. The number of halogens is 2. The van der Waals surface area contributed by atoms with Gasteiger partial charge in [-0.15, -0.1) is 0 Å². The quantitative estimate of drug-likeness (QED) is 0.731. The molecule has 3 nitrogen and oxygen atoms in total. The Morgan fingerprint density at radius 1 is 1.38 bits per heavy atom. The van der Waals surface area contributed by atoms with Crippen LogP contribution in [0.3, 0.4) is 0 Å². The molecule has 1 heterocycles. The third kappa shape index (κ3) is 1.27. The highest BCUT2D eigenvalue weighted by molar-refractivity contribution is 5.73. The summed E-state index contributed by atoms with van der Waals surface area (Å²) in [7, 11) is 0. The third-order valence-corrected chi connectivity index (χ3v) is 1.63. The molecular formula is C8H6F2N2O. The summed E-state index contributed by atoms with van der Waals surface area (Å²) >= 11 is 0. The lowest BCUT2D eigenvalue weighted by Crippen LogP contribution is -1.95. The van der Waals surface area contributed by atoms with Crippen molar-refractivity contribution in [1.29, 1.82) is 0 Å². The minimum atomic E-state index is -0.738. The lowest BCUT2D eigenvalue weighted by atomic mass is 10.3. The second-order valence-electron chi connectivity index (χ2n) is 2.55. The summed E-state index contributed by atoms with van der Waals surface area (Å²) in [5, 5.41) is 0. The van der Waals surface area contributed by atoms with E-state index in [1.54, 1.807) is 0 Å². The van der Waals surface area contributed by atoms with Crippen molar-refractivity contribution in [3.8, 4) is 0 Å². The van der Waals surface area contributed by atoms with Crippen LogP contribution in [-0.2, 0) is 6.54 Å². The Hall–Kier alpha value is -1.49. The summed E-state index contributed by atoms with van der Waals surface area (Å²) in [4.78, 5) is 3.74. The van der Waals surface area contributed by atoms with E-state index in [1.165, 1.54) is 0 Å². The van der Waals surface area contributed by atoms with Gasteiger partial charge in [-0.3, -0.25) is 0 Å². The van der Waals surface area contributed by atoms with Crippen molar-refractivity contribution in [3.63, 3.8) is 0 Å². The van der Waals surface area contributed by atoms with Crippen LogP contribution in [0.1, 0.15) is 5.89 Å². The minimum absolute atomic E-state index is 0.0156. The molecule has 0 amide bonds. The molecular weight excluding hydrogens is 178 g/mol. The van der Waals surface area contributed by atoms with Crippen LogP contribution in [-0.4, -0.2) is 4.98 Å². The maximum Gasteiger partial charge on any atom is 0.209 e. The van der Waals surface area contributed by atoms with Crippen LogP contribution in [0.2, 0.25) is 0 Å². The fourth-order valence-corrected chi connectivity index (χ4v) is 1.09. The van der Waals surface area contributed by atoms with E-state index in [9.17, 15) is 8.78 Å². The number of hydrogen-bond acceptors (Lipinski definition) is 3. The number of oxazole rings is 1. The molecule has 0 aliphatic rings. The average molecular weight is 184 g/mol. The normalized spacial score (nSPS) is 11.0. The van der Waals surface area contributed by atoms with Crippen LogP contribution in [0.4, 0.5) is 8.78 Å². The molecule has 0 saturated heterocycles. The van der Waals surface area contributed by atoms with E-state index < -0.39 is 11.6 Å². The first-order valence-corrected chi connectivity index (χ1v) is 3.65. The second kappa shape index (κ2) is 2.77. The molecule has 0 spiro atoms. The highest BCUT2D eigenvalue weighted by Crippen LogP contribution is 2.19. The topological polar surface area (TPSA) is 52.0 Å². The lowest BCUT2D eigenvalue weighted by molar-refractivity contribution is 0.529. The Bertz CT molecular complexity index is 453. The standard InChI is InChI=1S/C8H6F2N2O/c9-4-1-5(10)8-6(2-4)13-7(3-11)12-8/h1-2H,3,11H2. The largest absolute Gasteiger partial charge is 0.439 e. The van der Waals surface area contributed by atoms with E-state index in [-0.39, 0.29) is 23.5 Å². The van der Waals surface area contributed by atoms with Gasteiger partial charge in [0.1, 0.15) is 11.3 Å². The Morgan fingerprint density at radius 3 is 2.85 bits per heavy atom. The van der Waals surface area contributed by atoms with Gasteiger partial charge in [0.25, 0.3) is 0 Å². The van der Waals surface area contributed by atoms with E-state index in [0.29, 0.717) is 0 Å². The number of nitrogens with two attached hydrogens (primary N) is 1. The van der Waals surface area contributed by atoms with Gasteiger partial charge in [-0.1, -0.05) is 0 Å². The van der Waals surface area contributed by atoms with Gasteiger partial charge in [-0.25, -0.2) is 13.8 Å². The highest BCUT2D eigenvalue weighted by atomic mass is 19.1. The predicted molar refractivity (Wildman–Crippen MR) is 41.8 cm³/mol. The van der Waals surface area contributed by atoms with Gasteiger partial charge in [-0.05, 0) is 0 Å². The van der Waals surface area contributed by atoms with E-state index in [1.807, 2.05) is 0 Å². The van der Waals surface area contributed by atoms with Gasteiger partial charge in [0, 0.05) is 12.1 Å². The smallest absolute Gasteiger partial charge is 0.209 e. The molecule has 0 saturated carbocycles. The van der Waals surface area contributed by atoms with Crippen molar-refractivity contribution in [2.75, 3.05) is 0 Å². The van der Waals surface area contributed by atoms with Crippen molar-refractivity contribution in [1.82, 2.24) is 4.98 Å². The summed E-state index contributed by atoms with van der Waals surface area (Å²) < 4.78 is 30.6. The van der Waals surface area contributed by atoms with Crippen LogP contribution < -0.4 is 5.73 Å². The molecule has 68 valence electrons. The third-order valence-electron chi connectivity index (χ3n) is 1.63. The molecule has 0 aliphatic carbocycles. The summed E-state index contributed by atoms with van der Waals surface area (Å²) in [6.07, 6.45) is 0.